The van der Waals surface area contributed by atoms with E-state index in [0.29, 0.717) is 0 Å². The minimum absolute atomic E-state index is 0.923. The highest BCUT2D eigenvalue weighted by Crippen LogP contribution is 2.29. The van der Waals surface area contributed by atoms with Gasteiger partial charge < -0.3 is 4.98 Å². The first-order valence-corrected chi connectivity index (χ1v) is 5.52. The van der Waals surface area contributed by atoms with E-state index in [2.05, 4.69) is 33.2 Å². The number of aromatic nitrogens is 3. The van der Waals surface area contributed by atoms with Crippen molar-refractivity contribution in [1.29, 1.82) is 0 Å². The van der Waals surface area contributed by atoms with Crippen LogP contribution in [0.25, 0.3) is 32.7 Å². The van der Waals surface area contributed by atoms with E-state index in [1.807, 2.05) is 24.5 Å². The molecule has 0 atom stereocenters. The minimum Gasteiger partial charge on any atom is -0.339 e. The van der Waals surface area contributed by atoms with Crippen molar-refractivity contribution in [3.05, 3.63) is 48.9 Å². The van der Waals surface area contributed by atoms with Gasteiger partial charge in [0.2, 0.25) is 0 Å². The molecular formula is C14H9N3. The molecule has 0 aliphatic heterocycles. The molecule has 3 heterocycles. The molecule has 3 nitrogen and oxygen atoms in total. The third-order valence-corrected chi connectivity index (χ3v) is 3.14. The first-order chi connectivity index (χ1) is 8.43. The topological polar surface area (TPSA) is 41.6 Å². The highest BCUT2D eigenvalue weighted by molar-refractivity contribution is 6.18. The molecule has 1 aromatic carbocycles. The van der Waals surface area contributed by atoms with Gasteiger partial charge in [0.05, 0.1) is 5.52 Å². The summed E-state index contributed by atoms with van der Waals surface area (Å²) in [6.45, 7) is 0. The molecule has 0 unspecified atom stereocenters. The third-order valence-electron chi connectivity index (χ3n) is 3.14. The van der Waals surface area contributed by atoms with Crippen LogP contribution in [-0.4, -0.2) is 15.0 Å². The maximum Gasteiger partial charge on any atom is 0.139 e. The lowest BCUT2D eigenvalue weighted by atomic mass is 10.1. The molecule has 0 bridgehead atoms. The molecule has 0 radical (unpaired) electrons. The van der Waals surface area contributed by atoms with Gasteiger partial charge in [-0.1, -0.05) is 24.3 Å². The molecule has 0 amide bonds. The normalized spacial score (nSPS) is 11.5. The quantitative estimate of drug-likeness (QED) is 0.493. The van der Waals surface area contributed by atoms with E-state index >= 15 is 0 Å². The van der Waals surface area contributed by atoms with Gasteiger partial charge in [0.1, 0.15) is 5.65 Å². The van der Waals surface area contributed by atoms with Gasteiger partial charge in [-0.3, -0.25) is 4.98 Å². The second-order valence-corrected chi connectivity index (χ2v) is 4.12. The van der Waals surface area contributed by atoms with Crippen LogP contribution in [0.4, 0.5) is 0 Å². The van der Waals surface area contributed by atoms with Crippen molar-refractivity contribution in [3.8, 4) is 0 Å². The van der Waals surface area contributed by atoms with E-state index in [4.69, 9.17) is 0 Å². The van der Waals surface area contributed by atoms with Gasteiger partial charge in [-0.25, -0.2) is 4.98 Å². The van der Waals surface area contributed by atoms with Gasteiger partial charge >= 0.3 is 0 Å². The van der Waals surface area contributed by atoms with Crippen molar-refractivity contribution in [3.63, 3.8) is 0 Å². The van der Waals surface area contributed by atoms with Gasteiger partial charge in [-0.15, -0.1) is 0 Å². The van der Waals surface area contributed by atoms with Crippen molar-refractivity contribution in [1.82, 2.24) is 15.0 Å². The number of H-pyrrole nitrogens is 1. The summed E-state index contributed by atoms with van der Waals surface area (Å²) >= 11 is 0. The zero-order valence-electron chi connectivity index (χ0n) is 9.01. The highest BCUT2D eigenvalue weighted by atomic mass is 14.9. The molecule has 4 aromatic rings. The molecule has 0 saturated heterocycles. The molecule has 3 heteroatoms. The number of aromatic amines is 1. The minimum atomic E-state index is 0.923. The Morgan fingerprint density at radius 3 is 2.88 bits per heavy atom. The van der Waals surface area contributed by atoms with E-state index in [1.54, 1.807) is 6.20 Å². The van der Waals surface area contributed by atoms with Crippen molar-refractivity contribution in [2.24, 2.45) is 0 Å². The summed E-state index contributed by atoms with van der Waals surface area (Å²) in [5, 5.41) is 4.67. The van der Waals surface area contributed by atoms with Gasteiger partial charge in [0.15, 0.2) is 0 Å². The lowest BCUT2D eigenvalue weighted by Gasteiger charge is -1.98. The van der Waals surface area contributed by atoms with E-state index < -0.39 is 0 Å². The Labute approximate surface area is 97.1 Å². The summed E-state index contributed by atoms with van der Waals surface area (Å²) in [7, 11) is 0. The number of fused-ring (bicyclic) bond motifs is 5. The Balaban J connectivity index is 2.38. The van der Waals surface area contributed by atoms with Gasteiger partial charge in [-0.05, 0) is 11.5 Å². The predicted molar refractivity (Wildman–Crippen MR) is 68.9 cm³/mol. The lowest BCUT2D eigenvalue weighted by Crippen LogP contribution is -1.78. The van der Waals surface area contributed by atoms with Crippen LogP contribution in [0.3, 0.4) is 0 Å². The van der Waals surface area contributed by atoms with Crippen LogP contribution in [0.1, 0.15) is 0 Å². The Morgan fingerprint density at radius 2 is 1.88 bits per heavy atom. The average molecular weight is 219 g/mol. The standard InChI is InChI=1S/C14H9N3/c1-2-4-10-9(3-1)7-16-14-13(10)11-8-15-6-5-12(11)17-14/h1-8H,(H,16,17). The van der Waals surface area contributed by atoms with Gasteiger partial charge in [0.25, 0.3) is 0 Å². The Kier molecular flexibility index (Phi) is 1.56. The molecule has 0 spiro atoms. The number of nitrogens with zero attached hydrogens (tertiary/aromatic N) is 2. The smallest absolute Gasteiger partial charge is 0.139 e. The number of nitrogens with one attached hydrogen (secondary N) is 1. The molecule has 3 aromatic heterocycles. The monoisotopic (exact) mass is 219 g/mol. The molecule has 0 aliphatic rings. The summed E-state index contributed by atoms with van der Waals surface area (Å²) in [6.07, 6.45) is 5.59. The fourth-order valence-electron chi connectivity index (χ4n) is 2.36. The number of rotatable bonds is 0. The predicted octanol–water partition coefficient (Wildman–Crippen LogP) is 3.26. The van der Waals surface area contributed by atoms with E-state index in [0.717, 1.165) is 27.3 Å². The largest absolute Gasteiger partial charge is 0.339 e. The molecule has 4 rings (SSSR count). The summed E-state index contributed by atoms with van der Waals surface area (Å²) < 4.78 is 0. The van der Waals surface area contributed by atoms with Crippen LogP contribution in [0.15, 0.2) is 48.9 Å². The van der Waals surface area contributed by atoms with Crippen molar-refractivity contribution in [2.45, 2.75) is 0 Å². The van der Waals surface area contributed by atoms with Crippen molar-refractivity contribution < 1.29 is 0 Å². The fourth-order valence-corrected chi connectivity index (χ4v) is 2.36. The van der Waals surface area contributed by atoms with Crippen molar-refractivity contribution >= 4 is 32.7 Å². The van der Waals surface area contributed by atoms with Crippen LogP contribution in [0.2, 0.25) is 0 Å². The molecule has 0 saturated carbocycles. The van der Waals surface area contributed by atoms with Crippen LogP contribution >= 0.6 is 0 Å². The number of pyridine rings is 2. The summed E-state index contributed by atoms with van der Waals surface area (Å²) in [4.78, 5) is 12.0. The second-order valence-electron chi connectivity index (χ2n) is 4.12. The molecule has 0 aliphatic carbocycles. The molecule has 17 heavy (non-hydrogen) atoms. The first-order valence-electron chi connectivity index (χ1n) is 5.52. The summed E-state index contributed by atoms with van der Waals surface area (Å²) in [5.74, 6) is 0. The maximum atomic E-state index is 4.46. The summed E-state index contributed by atoms with van der Waals surface area (Å²) in [6, 6.07) is 10.3. The molecule has 0 fully saturated rings. The van der Waals surface area contributed by atoms with E-state index in [-0.39, 0.29) is 0 Å². The van der Waals surface area contributed by atoms with Crippen LogP contribution in [-0.2, 0) is 0 Å². The molecule has 80 valence electrons. The summed E-state index contributed by atoms with van der Waals surface area (Å²) in [5.41, 5.74) is 2.01. The fraction of sp³-hybridized carbons (Fsp3) is 0. The SMILES string of the molecule is c1ccc2c(c1)cnc1[nH]c3ccncc3c12. The zero-order chi connectivity index (χ0) is 11.2. The van der Waals surface area contributed by atoms with Crippen LogP contribution < -0.4 is 0 Å². The first kappa shape index (κ1) is 8.70. The van der Waals surface area contributed by atoms with Gasteiger partial charge in [0, 0.05) is 34.7 Å². The molecule has 1 N–H and O–H groups in total. The maximum absolute atomic E-state index is 4.46. The number of benzene rings is 1. The van der Waals surface area contributed by atoms with Crippen LogP contribution in [0.5, 0.6) is 0 Å². The Bertz CT molecular complexity index is 840. The van der Waals surface area contributed by atoms with E-state index in [1.165, 1.54) is 5.39 Å². The average Bonchev–Trinajstić information content (AvgIpc) is 2.77. The van der Waals surface area contributed by atoms with Gasteiger partial charge in [-0.2, -0.15) is 0 Å². The number of hydrogen-bond acceptors (Lipinski definition) is 2. The third kappa shape index (κ3) is 1.11. The van der Waals surface area contributed by atoms with Crippen LogP contribution in [0, 0.1) is 0 Å². The molecular weight excluding hydrogens is 210 g/mol. The van der Waals surface area contributed by atoms with Crippen molar-refractivity contribution in [2.75, 3.05) is 0 Å². The number of hydrogen-bond donors (Lipinski definition) is 1. The Hall–Kier alpha value is -2.42. The lowest BCUT2D eigenvalue weighted by molar-refractivity contribution is 1.34. The van der Waals surface area contributed by atoms with E-state index in [9.17, 15) is 0 Å². The zero-order valence-corrected chi connectivity index (χ0v) is 9.01. The highest BCUT2D eigenvalue weighted by Gasteiger charge is 2.08. The second kappa shape index (κ2) is 3.04. The Morgan fingerprint density at radius 1 is 0.941 bits per heavy atom.